The first kappa shape index (κ1) is 10.7. The van der Waals surface area contributed by atoms with E-state index in [1.807, 2.05) is 6.07 Å². The standard InChI is InChI=1S/C12H20N2O/c1-10(12-3-2-8-15-12)14-6-4-11(9-13)5-7-14/h2-3,8,10-11H,4-7,9,13H2,1H3. The van der Waals surface area contributed by atoms with Crippen molar-refractivity contribution in [2.24, 2.45) is 11.7 Å². The summed E-state index contributed by atoms with van der Waals surface area (Å²) in [5.41, 5.74) is 5.68. The molecule has 1 aliphatic heterocycles. The van der Waals surface area contributed by atoms with Crippen LogP contribution >= 0.6 is 0 Å². The van der Waals surface area contributed by atoms with Gasteiger partial charge in [0, 0.05) is 0 Å². The lowest BCUT2D eigenvalue weighted by atomic mass is 9.96. The molecule has 1 unspecified atom stereocenters. The monoisotopic (exact) mass is 208 g/mol. The van der Waals surface area contributed by atoms with Crippen molar-refractivity contribution in [1.82, 2.24) is 4.90 Å². The van der Waals surface area contributed by atoms with Crippen LogP contribution < -0.4 is 5.73 Å². The molecule has 1 aromatic rings. The molecule has 15 heavy (non-hydrogen) atoms. The maximum atomic E-state index is 5.68. The molecule has 1 aliphatic rings. The third-order valence-electron chi connectivity index (χ3n) is 3.49. The van der Waals surface area contributed by atoms with E-state index in [1.165, 1.54) is 12.8 Å². The summed E-state index contributed by atoms with van der Waals surface area (Å²) in [6.45, 7) is 5.33. The topological polar surface area (TPSA) is 42.4 Å². The molecule has 0 bridgehead atoms. The average molecular weight is 208 g/mol. The van der Waals surface area contributed by atoms with Crippen LogP contribution in [0.2, 0.25) is 0 Å². The lowest BCUT2D eigenvalue weighted by Crippen LogP contribution is -2.37. The number of piperidine rings is 1. The number of rotatable bonds is 3. The molecule has 1 aromatic heterocycles. The molecule has 0 aliphatic carbocycles. The minimum atomic E-state index is 0.402. The lowest BCUT2D eigenvalue weighted by Gasteiger charge is -2.34. The normalized spacial score (nSPS) is 21.7. The van der Waals surface area contributed by atoms with Gasteiger partial charge in [-0.3, -0.25) is 4.90 Å². The Bertz CT molecular complexity index is 276. The van der Waals surface area contributed by atoms with Crippen LogP contribution in [0.1, 0.15) is 31.6 Å². The number of furan rings is 1. The molecule has 1 fully saturated rings. The van der Waals surface area contributed by atoms with E-state index in [9.17, 15) is 0 Å². The summed E-state index contributed by atoms with van der Waals surface area (Å²) in [5, 5.41) is 0. The highest BCUT2D eigenvalue weighted by Crippen LogP contribution is 2.26. The van der Waals surface area contributed by atoms with Crippen LogP contribution in [0.15, 0.2) is 22.8 Å². The molecular formula is C12H20N2O. The van der Waals surface area contributed by atoms with E-state index in [0.717, 1.165) is 31.3 Å². The largest absolute Gasteiger partial charge is 0.468 e. The summed E-state index contributed by atoms with van der Waals surface area (Å²) in [7, 11) is 0. The summed E-state index contributed by atoms with van der Waals surface area (Å²) < 4.78 is 5.44. The molecule has 0 radical (unpaired) electrons. The van der Waals surface area contributed by atoms with Crippen molar-refractivity contribution < 1.29 is 4.42 Å². The van der Waals surface area contributed by atoms with Crippen molar-refractivity contribution >= 4 is 0 Å². The Morgan fingerprint density at radius 3 is 2.80 bits per heavy atom. The minimum absolute atomic E-state index is 0.402. The molecule has 1 atom stereocenters. The highest BCUT2D eigenvalue weighted by molar-refractivity contribution is 5.03. The fourth-order valence-corrected chi connectivity index (χ4v) is 2.28. The first-order chi connectivity index (χ1) is 7.31. The summed E-state index contributed by atoms with van der Waals surface area (Å²) >= 11 is 0. The summed E-state index contributed by atoms with van der Waals surface area (Å²) in [5.74, 6) is 1.80. The van der Waals surface area contributed by atoms with Crippen LogP contribution in [0.3, 0.4) is 0 Å². The van der Waals surface area contributed by atoms with Gasteiger partial charge in [-0.2, -0.15) is 0 Å². The Balaban J connectivity index is 1.90. The van der Waals surface area contributed by atoms with Crippen molar-refractivity contribution in [2.75, 3.05) is 19.6 Å². The third-order valence-corrected chi connectivity index (χ3v) is 3.49. The summed E-state index contributed by atoms with van der Waals surface area (Å²) in [4.78, 5) is 2.48. The maximum Gasteiger partial charge on any atom is 0.120 e. The second-order valence-corrected chi connectivity index (χ2v) is 4.41. The van der Waals surface area contributed by atoms with Crippen LogP contribution in [0.25, 0.3) is 0 Å². The molecular weight excluding hydrogens is 188 g/mol. The molecule has 1 saturated heterocycles. The van der Waals surface area contributed by atoms with Gasteiger partial charge in [-0.1, -0.05) is 0 Å². The van der Waals surface area contributed by atoms with Crippen molar-refractivity contribution in [1.29, 1.82) is 0 Å². The molecule has 0 aromatic carbocycles. The molecule has 2 rings (SSSR count). The Morgan fingerprint density at radius 2 is 2.27 bits per heavy atom. The quantitative estimate of drug-likeness (QED) is 0.826. The molecule has 3 heteroatoms. The van der Waals surface area contributed by atoms with Gasteiger partial charge < -0.3 is 10.2 Å². The van der Waals surface area contributed by atoms with Gasteiger partial charge in [-0.25, -0.2) is 0 Å². The Morgan fingerprint density at radius 1 is 1.53 bits per heavy atom. The van der Waals surface area contributed by atoms with E-state index in [1.54, 1.807) is 6.26 Å². The van der Waals surface area contributed by atoms with Gasteiger partial charge in [-0.05, 0) is 57.5 Å². The van der Waals surface area contributed by atoms with Gasteiger partial charge in [0.25, 0.3) is 0 Å². The van der Waals surface area contributed by atoms with E-state index in [2.05, 4.69) is 17.9 Å². The second kappa shape index (κ2) is 4.81. The number of hydrogen-bond donors (Lipinski definition) is 1. The van der Waals surface area contributed by atoms with Gasteiger partial charge in [0.2, 0.25) is 0 Å². The number of likely N-dealkylation sites (tertiary alicyclic amines) is 1. The maximum absolute atomic E-state index is 5.68. The summed E-state index contributed by atoms with van der Waals surface area (Å²) in [6, 6.07) is 4.41. The SMILES string of the molecule is CC(c1ccco1)N1CCC(CN)CC1. The molecule has 3 nitrogen and oxygen atoms in total. The lowest BCUT2D eigenvalue weighted by molar-refractivity contribution is 0.130. The fraction of sp³-hybridized carbons (Fsp3) is 0.667. The summed E-state index contributed by atoms with van der Waals surface area (Å²) in [6.07, 6.45) is 4.20. The average Bonchev–Trinajstić information content (AvgIpc) is 2.82. The van der Waals surface area contributed by atoms with Crippen LogP contribution in [-0.4, -0.2) is 24.5 Å². The van der Waals surface area contributed by atoms with Gasteiger partial charge in [0.1, 0.15) is 5.76 Å². The Hall–Kier alpha value is -0.800. The number of nitrogens with two attached hydrogens (primary N) is 1. The molecule has 0 amide bonds. The van der Waals surface area contributed by atoms with Gasteiger partial charge >= 0.3 is 0 Å². The van der Waals surface area contributed by atoms with Crippen LogP contribution in [0, 0.1) is 5.92 Å². The fourth-order valence-electron chi connectivity index (χ4n) is 2.28. The van der Waals surface area contributed by atoms with E-state index in [-0.39, 0.29) is 0 Å². The zero-order chi connectivity index (χ0) is 10.7. The van der Waals surface area contributed by atoms with E-state index in [0.29, 0.717) is 6.04 Å². The Kier molecular flexibility index (Phi) is 3.44. The highest BCUT2D eigenvalue weighted by atomic mass is 16.3. The van der Waals surface area contributed by atoms with Crippen molar-refractivity contribution in [3.63, 3.8) is 0 Å². The van der Waals surface area contributed by atoms with Crippen LogP contribution in [0.5, 0.6) is 0 Å². The molecule has 2 heterocycles. The first-order valence-corrected chi connectivity index (χ1v) is 5.78. The van der Waals surface area contributed by atoms with E-state index < -0.39 is 0 Å². The van der Waals surface area contributed by atoms with Crippen molar-refractivity contribution in [3.8, 4) is 0 Å². The highest BCUT2D eigenvalue weighted by Gasteiger charge is 2.23. The van der Waals surface area contributed by atoms with Gasteiger partial charge in [0.15, 0.2) is 0 Å². The molecule has 2 N–H and O–H groups in total. The predicted octanol–water partition coefficient (Wildman–Crippen LogP) is 2.01. The smallest absolute Gasteiger partial charge is 0.120 e. The van der Waals surface area contributed by atoms with Crippen LogP contribution in [-0.2, 0) is 0 Å². The zero-order valence-corrected chi connectivity index (χ0v) is 9.36. The zero-order valence-electron chi connectivity index (χ0n) is 9.36. The number of hydrogen-bond acceptors (Lipinski definition) is 3. The Labute approximate surface area is 91.2 Å². The second-order valence-electron chi connectivity index (χ2n) is 4.41. The third kappa shape index (κ3) is 2.41. The van der Waals surface area contributed by atoms with Crippen LogP contribution in [0.4, 0.5) is 0 Å². The minimum Gasteiger partial charge on any atom is -0.468 e. The predicted molar refractivity (Wildman–Crippen MR) is 60.5 cm³/mol. The van der Waals surface area contributed by atoms with E-state index >= 15 is 0 Å². The molecule has 84 valence electrons. The van der Waals surface area contributed by atoms with Gasteiger partial charge in [-0.15, -0.1) is 0 Å². The number of nitrogens with zero attached hydrogens (tertiary/aromatic N) is 1. The van der Waals surface area contributed by atoms with Crippen molar-refractivity contribution in [2.45, 2.75) is 25.8 Å². The first-order valence-electron chi connectivity index (χ1n) is 5.78. The van der Waals surface area contributed by atoms with E-state index in [4.69, 9.17) is 10.2 Å². The molecule has 0 saturated carbocycles. The molecule has 0 spiro atoms. The van der Waals surface area contributed by atoms with Gasteiger partial charge in [0.05, 0.1) is 12.3 Å². The van der Waals surface area contributed by atoms with Crippen molar-refractivity contribution in [3.05, 3.63) is 24.2 Å².